The van der Waals surface area contributed by atoms with E-state index >= 15 is 0 Å². The zero-order valence-electron chi connectivity index (χ0n) is 17.5. The Bertz CT molecular complexity index is 887. The fourth-order valence-corrected chi connectivity index (χ4v) is 6.67. The summed E-state index contributed by atoms with van der Waals surface area (Å²) in [5.41, 5.74) is 1.12. The molecule has 8 nitrogen and oxygen atoms in total. The van der Waals surface area contributed by atoms with Crippen LogP contribution >= 0.6 is 0 Å². The largest absolute Gasteiger partial charge is 0.304 e. The quantitative estimate of drug-likeness (QED) is 0.654. The van der Waals surface area contributed by atoms with Crippen LogP contribution in [0.25, 0.3) is 0 Å². The third-order valence-corrected chi connectivity index (χ3v) is 9.96. The maximum absolute atomic E-state index is 13.0. The van der Waals surface area contributed by atoms with Gasteiger partial charge >= 0.3 is 0 Å². The Hall–Kier alpha value is -1.04. The molecule has 0 radical (unpaired) electrons. The van der Waals surface area contributed by atoms with E-state index in [0.29, 0.717) is 32.1 Å². The Kier molecular flexibility index (Phi) is 7.02. The summed E-state index contributed by atoms with van der Waals surface area (Å²) in [5, 5.41) is 0. The molecular weight excluding hydrogens is 412 g/mol. The molecular formula is C19H32N4O4S2. The van der Waals surface area contributed by atoms with Crippen molar-refractivity contribution in [3.8, 4) is 0 Å². The first-order valence-corrected chi connectivity index (χ1v) is 13.0. The second-order valence-corrected chi connectivity index (χ2v) is 11.8. The van der Waals surface area contributed by atoms with Crippen molar-refractivity contribution in [1.82, 2.24) is 17.8 Å². The van der Waals surface area contributed by atoms with Crippen LogP contribution in [0.1, 0.15) is 31.7 Å². The number of rotatable bonds is 6. The Labute approximate surface area is 175 Å². The van der Waals surface area contributed by atoms with Gasteiger partial charge < -0.3 is 4.90 Å². The molecule has 0 spiro atoms. The van der Waals surface area contributed by atoms with Gasteiger partial charge in [-0.25, -0.2) is 8.42 Å². The number of piperazine rings is 2. The van der Waals surface area contributed by atoms with E-state index in [1.165, 1.54) is 12.9 Å². The lowest BCUT2D eigenvalue weighted by molar-refractivity contribution is 0.201. The van der Waals surface area contributed by atoms with Crippen molar-refractivity contribution in [2.24, 2.45) is 0 Å². The lowest BCUT2D eigenvalue weighted by atomic mass is 9.99. The number of likely N-dealkylation sites (N-methyl/N-ethyl adjacent to an activating group) is 1. The number of benzene rings is 1. The fraction of sp³-hybridized carbons (Fsp3) is 0.684. The molecule has 0 aliphatic carbocycles. The molecule has 10 heteroatoms. The second-order valence-electron chi connectivity index (χ2n) is 7.89. The summed E-state index contributed by atoms with van der Waals surface area (Å²) in [6.45, 7) is 7.28. The summed E-state index contributed by atoms with van der Waals surface area (Å²) >= 11 is 0. The van der Waals surface area contributed by atoms with Crippen LogP contribution in [0.3, 0.4) is 0 Å². The second kappa shape index (κ2) is 8.99. The van der Waals surface area contributed by atoms with E-state index in [0.717, 1.165) is 12.0 Å². The topological polar surface area (TPSA) is 81.2 Å². The predicted octanol–water partition coefficient (Wildman–Crippen LogP) is 0.999. The molecule has 0 bridgehead atoms. The fourth-order valence-electron chi connectivity index (χ4n) is 3.68. The van der Waals surface area contributed by atoms with Crippen LogP contribution in [-0.4, -0.2) is 94.1 Å². The molecule has 29 heavy (non-hydrogen) atoms. The first kappa shape index (κ1) is 22.6. The summed E-state index contributed by atoms with van der Waals surface area (Å²) in [6, 6.07) is 7.05. The molecule has 1 atom stereocenters. The van der Waals surface area contributed by atoms with Crippen molar-refractivity contribution in [2.75, 3.05) is 59.4 Å². The third-order valence-electron chi connectivity index (χ3n) is 6.01. The van der Waals surface area contributed by atoms with Crippen LogP contribution in [0, 0.1) is 0 Å². The van der Waals surface area contributed by atoms with Gasteiger partial charge in [-0.05, 0) is 37.1 Å². The molecule has 3 rings (SSSR count). The maximum Gasteiger partial charge on any atom is 0.282 e. The molecule has 0 saturated carbocycles. The van der Waals surface area contributed by atoms with Gasteiger partial charge in [0.15, 0.2) is 0 Å². The minimum Gasteiger partial charge on any atom is -0.304 e. The number of nitrogens with zero attached hydrogens (tertiary/aromatic N) is 4. The van der Waals surface area contributed by atoms with E-state index in [1.807, 2.05) is 19.2 Å². The molecule has 1 unspecified atom stereocenters. The van der Waals surface area contributed by atoms with E-state index in [1.54, 1.807) is 12.1 Å². The summed E-state index contributed by atoms with van der Waals surface area (Å²) in [7, 11) is -5.19. The summed E-state index contributed by atoms with van der Waals surface area (Å²) in [6.07, 6.45) is 0.996. The predicted molar refractivity (Wildman–Crippen MR) is 113 cm³/mol. The van der Waals surface area contributed by atoms with Crippen molar-refractivity contribution in [1.29, 1.82) is 0 Å². The van der Waals surface area contributed by atoms with Gasteiger partial charge in [-0.2, -0.15) is 21.3 Å². The molecule has 2 saturated heterocycles. The van der Waals surface area contributed by atoms with Gasteiger partial charge in [0, 0.05) is 52.4 Å². The summed E-state index contributed by atoms with van der Waals surface area (Å²) in [4.78, 5) is 2.36. The molecule has 0 amide bonds. The molecule has 1 aromatic rings. The van der Waals surface area contributed by atoms with Crippen molar-refractivity contribution >= 4 is 20.2 Å². The monoisotopic (exact) mass is 444 g/mol. The van der Waals surface area contributed by atoms with Crippen molar-refractivity contribution in [2.45, 2.75) is 31.1 Å². The number of hydrogen-bond donors (Lipinski definition) is 0. The Morgan fingerprint density at radius 3 is 1.72 bits per heavy atom. The van der Waals surface area contributed by atoms with E-state index in [2.05, 4.69) is 18.7 Å². The van der Waals surface area contributed by atoms with Crippen LogP contribution in [0.15, 0.2) is 29.2 Å². The SMILES string of the molecule is CCC(C)c1ccc(S(=O)(=O)N2CCN(S(=O)(=O)N3CCN(C)CC3)CC2)cc1. The Morgan fingerprint density at radius 1 is 0.793 bits per heavy atom. The average Bonchev–Trinajstić information content (AvgIpc) is 2.73. The van der Waals surface area contributed by atoms with E-state index in [-0.39, 0.29) is 31.1 Å². The highest BCUT2D eigenvalue weighted by Crippen LogP contribution is 2.24. The van der Waals surface area contributed by atoms with Gasteiger partial charge in [0.05, 0.1) is 4.90 Å². The maximum atomic E-state index is 13.0. The van der Waals surface area contributed by atoms with Crippen LogP contribution in [-0.2, 0) is 20.2 Å². The van der Waals surface area contributed by atoms with Crippen molar-refractivity contribution in [3.05, 3.63) is 29.8 Å². The van der Waals surface area contributed by atoms with Crippen molar-refractivity contribution in [3.63, 3.8) is 0 Å². The molecule has 2 aliphatic rings. The van der Waals surface area contributed by atoms with Crippen LogP contribution in [0.4, 0.5) is 0 Å². The summed E-state index contributed by atoms with van der Waals surface area (Å²) in [5.74, 6) is 0.384. The molecule has 2 fully saturated rings. The lowest BCUT2D eigenvalue weighted by Crippen LogP contribution is -2.57. The number of sulfonamides is 1. The zero-order chi connectivity index (χ0) is 21.2. The highest BCUT2D eigenvalue weighted by atomic mass is 32.2. The molecule has 2 heterocycles. The smallest absolute Gasteiger partial charge is 0.282 e. The van der Waals surface area contributed by atoms with Gasteiger partial charge in [0.1, 0.15) is 0 Å². The van der Waals surface area contributed by atoms with Gasteiger partial charge in [0.25, 0.3) is 10.2 Å². The van der Waals surface area contributed by atoms with Crippen LogP contribution < -0.4 is 0 Å². The van der Waals surface area contributed by atoms with E-state index in [4.69, 9.17) is 0 Å². The summed E-state index contributed by atoms with van der Waals surface area (Å²) < 4.78 is 56.0. The van der Waals surface area contributed by atoms with Gasteiger partial charge in [-0.1, -0.05) is 26.0 Å². The standard InChI is InChI=1S/C19H32N4O4S2/c1-4-17(2)18-5-7-19(8-6-18)28(24,25)21-13-15-23(16-14-21)29(26,27)22-11-9-20(3)10-12-22/h5-8,17H,4,9-16H2,1-3H3. The van der Waals surface area contributed by atoms with Gasteiger partial charge in [-0.15, -0.1) is 0 Å². The Morgan fingerprint density at radius 2 is 1.24 bits per heavy atom. The van der Waals surface area contributed by atoms with E-state index < -0.39 is 20.2 Å². The Balaban J connectivity index is 1.65. The highest BCUT2D eigenvalue weighted by molar-refractivity contribution is 7.89. The molecule has 0 N–H and O–H groups in total. The molecule has 1 aromatic carbocycles. The zero-order valence-corrected chi connectivity index (χ0v) is 19.1. The van der Waals surface area contributed by atoms with Gasteiger partial charge in [0.2, 0.25) is 10.0 Å². The van der Waals surface area contributed by atoms with Crippen LogP contribution in [0.5, 0.6) is 0 Å². The molecule has 0 aromatic heterocycles. The number of hydrogen-bond acceptors (Lipinski definition) is 5. The minimum absolute atomic E-state index is 0.169. The van der Waals surface area contributed by atoms with Crippen LogP contribution in [0.2, 0.25) is 0 Å². The van der Waals surface area contributed by atoms with E-state index in [9.17, 15) is 16.8 Å². The first-order chi connectivity index (χ1) is 13.7. The normalized spacial score (nSPS) is 22.6. The lowest BCUT2D eigenvalue weighted by Gasteiger charge is -2.38. The molecule has 2 aliphatic heterocycles. The average molecular weight is 445 g/mol. The van der Waals surface area contributed by atoms with Gasteiger partial charge in [-0.3, -0.25) is 0 Å². The first-order valence-electron chi connectivity index (χ1n) is 10.2. The third kappa shape index (κ3) is 4.83. The molecule has 164 valence electrons. The minimum atomic E-state index is -3.62. The highest BCUT2D eigenvalue weighted by Gasteiger charge is 2.36. The van der Waals surface area contributed by atoms with Crippen molar-refractivity contribution < 1.29 is 16.8 Å².